The van der Waals surface area contributed by atoms with Crippen molar-refractivity contribution in [1.29, 1.82) is 0 Å². The molecule has 0 radical (unpaired) electrons. The first kappa shape index (κ1) is 14.2. The molecule has 1 aromatic carbocycles. The second-order valence-electron chi connectivity index (χ2n) is 4.84. The highest BCUT2D eigenvalue weighted by Gasteiger charge is 2.08. The fraction of sp³-hybridized carbons (Fsp3) is 0.250. The van der Waals surface area contributed by atoms with E-state index in [2.05, 4.69) is 42.3 Å². The maximum absolute atomic E-state index is 10.9. The number of rotatable bonds is 5. The Labute approximate surface area is 118 Å². The first-order valence-corrected chi connectivity index (χ1v) is 6.55. The largest absolute Gasteiger partial charge is 0.477 e. The van der Waals surface area contributed by atoms with Gasteiger partial charge in [0.15, 0.2) is 0 Å². The molecule has 2 rings (SSSR count). The van der Waals surface area contributed by atoms with Gasteiger partial charge in [-0.05, 0) is 31.5 Å². The summed E-state index contributed by atoms with van der Waals surface area (Å²) in [5, 5.41) is 12.3. The molecule has 0 amide bonds. The lowest BCUT2D eigenvalue weighted by Gasteiger charge is -2.14. The highest BCUT2D eigenvalue weighted by atomic mass is 16.4. The van der Waals surface area contributed by atoms with Crippen molar-refractivity contribution in [2.75, 3.05) is 0 Å². The Morgan fingerprint density at radius 1 is 1.30 bits per heavy atom. The summed E-state index contributed by atoms with van der Waals surface area (Å²) < 4.78 is 0. The van der Waals surface area contributed by atoms with Gasteiger partial charge >= 0.3 is 5.97 Å². The maximum Gasteiger partial charge on any atom is 0.354 e. The van der Waals surface area contributed by atoms with Gasteiger partial charge in [-0.3, -0.25) is 0 Å². The van der Waals surface area contributed by atoms with E-state index < -0.39 is 5.97 Å². The lowest BCUT2D eigenvalue weighted by atomic mass is 10.1. The molecule has 104 valence electrons. The molecule has 2 N–H and O–H groups in total. The number of aromatic carboxylic acids is 1. The third-order valence-corrected chi connectivity index (χ3v) is 3.16. The lowest BCUT2D eigenvalue weighted by Crippen LogP contribution is -2.19. The Hall–Kier alpha value is -2.20. The van der Waals surface area contributed by atoms with Crippen molar-refractivity contribution in [3.63, 3.8) is 0 Å². The number of aryl methyl sites for hydroxylation is 1. The predicted octanol–water partition coefficient (Wildman–Crippen LogP) is 2.94. The first-order valence-electron chi connectivity index (χ1n) is 6.55. The standard InChI is InChI=1S/C16H18N2O2/c1-11-5-3-6-13(9-11)12(2)17-10-14-7-4-8-15(18-14)16(19)20/h3-9,12,17H,10H2,1-2H3,(H,19,20)/t12-/m1/s1. The zero-order valence-corrected chi connectivity index (χ0v) is 11.6. The molecule has 0 aliphatic carbocycles. The van der Waals surface area contributed by atoms with Gasteiger partial charge in [0.05, 0.1) is 5.69 Å². The van der Waals surface area contributed by atoms with Crippen LogP contribution < -0.4 is 5.32 Å². The number of nitrogens with one attached hydrogen (secondary N) is 1. The number of aromatic nitrogens is 1. The molecule has 0 aliphatic rings. The summed E-state index contributed by atoms with van der Waals surface area (Å²) in [4.78, 5) is 15.0. The van der Waals surface area contributed by atoms with Crippen LogP contribution in [0.25, 0.3) is 0 Å². The average Bonchev–Trinajstić information content (AvgIpc) is 2.45. The molecule has 0 saturated heterocycles. The van der Waals surface area contributed by atoms with Gasteiger partial charge in [-0.15, -0.1) is 0 Å². The SMILES string of the molecule is Cc1cccc([C@@H](C)NCc2cccc(C(=O)O)n2)c1. The third-order valence-electron chi connectivity index (χ3n) is 3.16. The average molecular weight is 270 g/mol. The van der Waals surface area contributed by atoms with E-state index in [4.69, 9.17) is 5.11 Å². The Morgan fingerprint density at radius 3 is 2.75 bits per heavy atom. The number of nitrogens with zero attached hydrogens (tertiary/aromatic N) is 1. The van der Waals surface area contributed by atoms with E-state index in [1.54, 1.807) is 6.07 Å². The molecule has 0 saturated carbocycles. The fourth-order valence-corrected chi connectivity index (χ4v) is 2.01. The van der Waals surface area contributed by atoms with Gasteiger partial charge in [-0.2, -0.15) is 0 Å². The smallest absolute Gasteiger partial charge is 0.354 e. The van der Waals surface area contributed by atoms with E-state index in [9.17, 15) is 4.79 Å². The van der Waals surface area contributed by atoms with E-state index >= 15 is 0 Å². The van der Waals surface area contributed by atoms with E-state index in [0.29, 0.717) is 6.54 Å². The molecule has 0 aliphatic heterocycles. The molecule has 0 spiro atoms. The Balaban J connectivity index is 2.01. The molecule has 2 aromatic rings. The number of carbonyl (C=O) groups is 1. The maximum atomic E-state index is 10.9. The van der Waals surface area contributed by atoms with Gasteiger partial charge in [0.25, 0.3) is 0 Å². The van der Waals surface area contributed by atoms with Crippen LogP contribution in [0.4, 0.5) is 0 Å². The number of hydrogen-bond acceptors (Lipinski definition) is 3. The summed E-state index contributed by atoms with van der Waals surface area (Å²) in [5.41, 5.74) is 3.23. The molecule has 1 atom stereocenters. The quantitative estimate of drug-likeness (QED) is 0.877. The van der Waals surface area contributed by atoms with Crippen LogP contribution in [-0.4, -0.2) is 16.1 Å². The summed E-state index contributed by atoms with van der Waals surface area (Å²) in [6.07, 6.45) is 0. The van der Waals surface area contributed by atoms with Crippen LogP contribution in [0.1, 0.15) is 40.3 Å². The van der Waals surface area contributed by atoms with Gasteiger partial charge in [0.1, 0.15) is 5.69 Å². The van der Waals surface area contributed by atoms with E-state index in [-0.39, 0.29) is 11.7 Å². The fourth-order valence-electron chi connectivity index (χ4n) is 2.01. The van der Waals surface area contributed by atoms with Crippen LogP contribution in [-0.2, 0) is 6.54 Å². The second kappa shape index (κ2) is 6.30. The van der Waals surface area contributed by atoms with Crippen molar-refractivity contribution < 1.29 is 9.90 Å². The van der Waals surface area contributed by atoms with Gasteiger partial charge in [0.2, 0.25) is 0 Å². The van der Waals surface area contributed by atoms with Crippen LogP contribution >= 0.6 is 0 Å². The Bertz CT molecular complexity index is 611. The normalized spacial score (nSPS) is 12.1. The van der Waals surface area contributed by atoms with Gasteiger partial charge in [-0.25, -0.2) is 9.78 Å². The van der Waals surface area contributed by atoms with Crippen LogP contribution in [0, 0.1) is 6.92 Å². The molecule has 1 heterocycles. The zero-order valence-electron chi connectivity index (χ0n) is 11.6. The first-order chi connectivity index (χ1) is 9.56. The van der Waals surface area contributed by atoms with Crippen LogP contribution in [0.5, 0.6) is 0 Å². The highest BCUT2D eigenvalue weighted by Crippen LogP contribution is 2.14. The van der Waals surface area contributed by atoms with Crippen molar-refractivity contribution in [2.24, 2.45) is 0 Å². The minimum absolute atomic E-state index is 0.0764. The third kappa shape index (κ3) is 3.65. The molecule has 1 aromatic heterocycles. The Kier molecular flexibility index (Phi) is 4.48. The summed E-state index contributed by atoms with van der Waals surface area (Å²) in [6, 6.07) is 13.5. The second-order valence-corrected chi connectivity index (χ2v) is 4.84. The minimum Gasteiger partial charge on any atom is -0.477 e. The monoisotopic (exact) mass is 270 g/mol. The van der Waals surface area contributed by atoms with Gasteiger partial charge in [-0.1, -0.05) is 35.9 Å². The van der Waals surface area contributed by atoms with Crippen molar-refractivity contribution >= 4 is 5.97 Å². The molecule has 20 heavy (non-hydrogen) atoms. The lowest BCUT2D eigenvalue weighted by molar-refractivity contribution is 0.0690. The minimum atomic E-state index is -1.00. The molecule has 4 nitrogen and oxygen atoms in total. The number of pyridine rings is 1. The number of hydrogen-bond donors (Lipinski definition) is 2. The van der Waals surface area contributed by atoms with Crippen molar-refractivity contribution in [3.05, 3.63) is 65.0 Å². The highest BCUT2D eigenvalue weighted by molar-refractivity contribution is 5.85. The molecular formula is C16H18N2O2. The van der Waals surface area contributed by atoms with Gasteiger partial charge < -0.3 is 10.4 Å². The predicted molar refractivity (Wildman–Crippen MR) is 77.6 cm³/mol. The molecule has 0 fully saturated rings. The number of carboxylic acid groups (broad SMARTS) is 1. The van der Waals surface area contributed by atoms with Gasteiger partial charge in [0, 0.05) is 12.6 Å². The molecule has 4 heteroatoms. The van der Waals surface area contributed by atoms with Crippen LogP contribution in [0.2, 0.25) is 0 Å². The summed E-state index contributed by atoms with van der Waals surface area (Å²) in [6.45, 7) is 4.68. The van der Waals surface area contributed by atoms with Crippen LogP contribution in [0.15, 0.2) is 42.5 Å². The van der Waals surface area contributed by atoms with Crippen molar-refractivity contribution in [3.8, 4) is 0 Å². The number of benzene rings is 1. The summed E-state index contributed by atoms with van der Waals surface area (Å²) in [5.74, 6) is -1.00. The van der Waals surface area contributed by atoms with Crippen molar-refractivity contribution in [1.82, 2.24) is 10.3 Å². The van der Waals surface area contributed by atoms with E-state index in [0.717, 1.165) is 5.69 Å². The van der Waals surface area contributed by atoms with E-state index in [1.165, 1.54) is 17.2 Å². The van der Waals surface area contributed by atoms with Crippen LogP contribution in [0.3, 0.4) is 0 Å². The van der Waals surface area contributed by atoms with E-state index in [1.807, 2.05) is 12.1 Å². The van der Waals surface area contributed by atoms with Crippen molar-refractivity contribution in [2.45, 2.75) is 26.4 Å². The summed E-state index contributed by atoms with van der Waals surface area (Å²) in [7, 11) is 0. The summed E-state index contributed by atoms with van der Waals surface area (Å²) >= 11 is 0. The number of carboxylic acids is 1. The molecule has 0 unspecified atom stereocenters. The topological polar surface area (TPSA) is 62.2 Å². The molecular weight excluding hydrogens is 252 g/mol. The molecule has 0 bridgehead atoms. The zero-order chi connectivity index (χ0) is 14.5. The Morgan fingerprint density at radius 2 is 2.05 bits per heavy atom.